The van der Waals surface area contributed by atoms with Gasteiger partial charge in [0.25, 0.3) is 0 Å². The second kappa shape index (κ2) is 11.6. The summed E-state index contributed by atoms with van der Waals surface area (Å²) in [5.41, 5.74) is 1.94. The van der Waals surface area contributed by atoms with Gasteiger partial charge in [-0.25, -0.2) is 14.8 Å². The van der Waals surface area contributed by atoms with Crippen LogP contribution in [0, 0.1) is 18.3 Å². The zero-order chi connectivity index (χ0) is 27.3. The first kappa shape index (κ1) is 27.9. The first-order chi connectivity index (χ1) is 17.4. The van der Waals surface area contributed by atoms with Gasteiger partial charge >= 0.3 is 11.9 Å². The number of nitrogens with zero attached hydrogens (tertiary/aromatic N) is 3. The van der Waals surface area contributed by atoms with Crippen LogP contribution in [0.3, 0.4) is 0 Å². The number of anilines is 2. The van der Waals surface area contributed by atoms with E-state index in [0.717, 1.165) is 5.56 Å². The van der Waals surface area contributed by atoms with E-state index >= 15 is 0 Å². The topological polar surface area (TPSA) is 114 Å². The number of carbonyl (C=O) groups excluding carboxylic acids is 2. The molecule has 3 aromatic rings. The molecular formula is C27H26Cl2N4O4. The van der Waals surface area contributed by atoms with Crippen LogP contribution < -0.4 is 5.32 Å². The molecule has 0 aliphatic carbocycles. The van der Waals surface area contributed by atoms with Crippen LogP contribution in [-0.2, 0) is 20.7 Å². The molecule has 0 bridgehead atoms. The number of ether oxygens (including phenoxy) is 2. The van der Waals surface area contributed by atoms with E-state index in [2.05, 4.69) is 15.3 Å². The maximum Gasteiger partial charge on any atom is 0.343 e. The number of rotatable bonds is 7. The Kier molecular flexibility index (Phi) is 8.74. The Bertz CT molecular complexity index is 1350. The lowest BCUT2D eigenvalue weighted by Gasteiger charge is -2.19. The van der Waals surface area contributed by atoms with Crippen molar-refractivity contribution in [2.45, 2.75) is 46.6 Å². The Hall–Kier alpha value is -3.67. The van der Waals surface area contributed by atoms with Crippen LogP contribution in [-0.4, -0.2) is 34.1 Å². The van der Waals surface area contributed by atoms with Crippen molar-refractivity contribution in [3.8, 4) is 17.5 Å². The molecule has 0 unspecified atom stereocenters. The SMILES string of the molecule is CCOC(=O)c1c(C)nc(-c2c(Cl)cc(C#N)cc2Cl)nc1Nc1ccc(CC(=O)OC(C)(C)C)cc1. The van der Waals surface area contributed by atoms with Crippen LogP contribution in [0.25, 0.3) is 11.4 Å². The van der Waals surface area contributed by atoms with Gasteiger partial charge in [0, 0.05) is 5.69 Å². The van der Waals surface area contributed by atoms with Gasteiger partial charge in [-0.1, -0.05) is 35.3 Å². The van der Waals surface area contributed by atoms with Crippen LogP contribution in [0.4, 0.5) is 11.5 Å². The molecule has 0 saturated heterocycles. The second-order valence-electron chi connectivity index (χ2n) is 9.09. The Morgan fingerprint density at radius 3 is 2.24 bits per heavy atom. The molecule has 10 heteroatoms. The molecule has 1 heterocycles. The molecule has 0 amide bonds. The number of hydrogen-bond donors (Lipinski definition) is 1. The van der Waals surface area contributed by atoms with E-state index in [1.54, 1.807) is 38.1 Å². The van der Waals surface area contributed by atoms with E-state index in [9.17, 15) is 14.9 Å². The average molecular weight is 541 g/mol. The molecule has 0 aliphatic heterocycles. The predicted molar refractivity (Wildman–Crippen MR) is 142 cm³/mol. The number of aromatic nitrogens is 2. The normalized spacial score (nSPS) is 11.0. The smallest absolute Gasteiger partial charge is 0.343 e. The number of halogens is 2. The van der Waals surface area contributed by atoms with E-state index in [4.69, 9.17) is 32.7 Å². The molecule has 0 spiro atoms. The number of aryl methyl sites for hydroxylation is 1. The number of esters is 2. The molecule has 8 nitrogen and oxygen atoms in total. The minimum atomic E-state index is -0.590. The zero-order valence-corrected chi connectivity index (χ0v) is 22.6. The van der Waals surface area contributed by atoms with Gasteiger partial charge in [-0.2, -0.15) is 5.26 Å². The Balaban J connectivity index is 1.99. The first-order valence-corrected chi connectivity index (χ1v) is 12.2. The van der Waals surface area contributed by atoms with Gasteiger partial charge in [0.1, 0.15) is 17.0 Å². The molecule has 3 rings (SSSR count). The van der Waals surface area contributed by atoms with Crippen LogP contribution in [0.2, 0.25) is 10.0 Å². The van der Waals surface area contributed by atoms with E-state index in [1.165, 1.54) is 12.1 Å². The van der Waals surface area contributed by atoms with Gasteiger partial charge in [-0.3, -0.25) is 4.79 Å². The fourth-order valence-corrected chi connectivity index (χ4v) is 4.12. The molecular weight excluding hydrogens is 515 g/mol. The fourth-order valence-electron chi connectivity index (χ4n) is 3.46. The summed E-state index contributed by atoms with van der Waals surface area (Å²) in [5, 5.41) is 12.7. The summed E-state index contributed by atoms with van der Waals surface area (Å²) < 4.78 is 10.6. The highest BCUT2D eigenvalue weighted by molar-refractivity contribution is 6.39. The van der Waals surface area contributed by atoms with Gasteiger partial charge in [-0.05, 0) is 64.4 Å². The fraction of sp³-hybridized carbons (Fsp3) is 0.296. The summed E-state index contributed by atoms with van der Waals surface area (Å²) in [6.07, 6.45) is 0.123. The van der Waals surface area contributed by atoms with Crippen molar-refractivity contribution in [3.63, 3.8) is 0 Å². The number of nitriles is 1. The standard InChI is InChI=1S/C27H26Cl2N4O4/c1-6-36-26(35)22-15(2)31-25(23-19(28)11-17(14-30)12-20(23)29)33-24(22)32-18-9-7-16(8-10-18)13-21(34)37-27(3,4)5/h7-12H,6,13H2,1-5H3,(H,31,32,33). The maximum absolute atomic E-state index is 12.7. The largest absolute Gasteiger partial charge is 0.462 e. The first-order valence-electron chi connectivity index (χ1n) is 11.4. The lowest BCUT2D eigenvalue weighted by Crippen LogP contribution is -2.24. The van der Waals surface area contributed by atoms with Crippen LogP contribution in [0.15, 0.2) is 36.4 Å². The zero-order valence-electron chi connectivity index (χ0n) is 21.1. The van der Waals surface area contributed by atoms with Gasteiger partial charge in [0.15, 0.2) is 5.82 Å². The molecule has 37 heavy (non-hydrogen) atoms. The molecule has 0 aliphatic rings. The van der Waals surface area contributed by atoms with Crippen molar-refractivity contribution in [3.05, 3.63) is 68.8 Å². The predicted octanol–water partition coefficient (Wildman–Crippen LogP) is 6.44. The minimum absolute atomic E-state index is 0.123. The second-order valence-corrected chi connectivity index (χ2v) is 9.90. The minimum Gasteiger partial charge on any atom is -0.462 e. The average Bonchev–Trinajstić information content (AvgIpc) is 2.78. The highest BCUT2D eigenvalue weighted by Gasteiger charge is 2.23. The Labute approximate surface area is 225 Å². The molecule has 0 radical (unpaired) electrons. The molecule has 1 aromatic heterocycles. The summed E-state index contributed by atoms with van der Waals surface area (Å²) >= 11 is 12.8. The number of hydrogen-bond acceptors (Lipinski definition) is 8. The molecule has 192 valence electrons. The van der Waals surface area contributed by atoms with E-state index < -0.39 is 11.6 Å². The molecule has 0 atom stereocenters. The van der Waals surface area contributed by atoms with E-state index in [0.29, 0.717) is 22.5 Å². The third-order valence-corrected chi connectivity index (χ3v) is 5.55. The molecule has 1 N–H and O–H groups in total. The van der Waals surface area contributed by atoms with Crippen LogP contribution >= 0.6 is 23.2 Å². The quantitative estimate of drug-likeness (QED) is 0.340. The monoisotopic (exact) mass is 540 g/mol. The van der Waals surface area contributed by atoms with E-state index in [1.807, 2.05) is 26.8 Å². The third-order valence-electron chi connectivity index (χ3n) is 4.95. The Morgan fingerprint density at radius 2 is 1.70 bits per heavy atom. The highest BCUT2D eigenvalue weighted by Crippen LogP contribution is 2.36. The summed E-state index contributed by atoms with van der Waals surface area (Å²) in [6, 6.07) is 12.0. The molecule has 0 saturated carbocycles. The molecule has 2 aromatic carbocycles. The van der Waals surface area contributed by atoms with Crippen molar-refractivity contribution < 1.29 is 19.1 Å². The van der Waals surface area contributed by atoms with Crippen molar-refractivity contribution in [1.82, 2.24) is 9.97 Å². The lowest BCUT2D eigenvalue weighted by atomic mass is 10.1. The van der Waals surface area contributed by atoms with Gasteiger partial charge in [0.05, 0.1) is 46.0 Å². The Morgan fingerprint density at radius 1 is 1.08 bits per heavy atom. The number of nitrogens with one attached hydrogen (secondary N) is 1. The number of benzene rings is 2. The van der Waals surface area contributed by atoms with Gasteiger partial charge in [0.2, 0.25) is 0 Å². The highest BCUT2D eigenvalue weighted by atomic mass is 35.5. The maximum atomic E-state index is 12.7. The van der Waals surface area contributed by atoms with Crippen molar-refractivity contribution in [1.29, 1.82) is 5.26 Å². The number of carbonyl (C=O) groups is 2. The summed E-state index contributed by atoms with van der Waals surface area (Å²) in [5.74, 6) is -0.552. The third kappa shape index (κ3) is 7.19. The summed E-state index contributed by atoms with van der Waals surface area (Å²) in [4.78, 5) is 33.9. The van der Waals surface area contributed by atoms with Crippen LogP contribution in [0.1, 0.15) is 54.9 Å². The van der Waals surface area contributed by atoms with Crippen LogP contribution in [0.5, 0.6) is 0 Å². The summed E-state index contributed by atoms with van der Waals surface area (Å²) in [7, 11) is 0. The van der Waals surface area contributed by atoms with Crippen molar-refractivity contribution >= 4 is 46.6 Å². The molecule has 0 fully saturated rings. The summed E-state index contributed by atoms with van der Waals surface area (Å²) in [6.45, 7) is 8.97. The van der Waals surface area contributed by atoms with E-state index in [-0.39, 0.29) is 46.2 Å². The van der Waals surface area contributed by atoms with Gasteiger partial charge < -0.3 is 14.8 Å². The van der Waals surface area contributed by atoms with Crippen molar-refractivity contribution in [2.75, 3.05) is 11.9 Å². The van der Waals surface area contributed by atoms with Crippen molar-refractivity contribution in [2.24, 2.45) is 0 Å². The van der Waals surface area contributed by atoms with Gasteiger partial charge in [-0.15, -0.1) is 0 Å². The lowest BCUT2D eigenvalue weighted by molar-refractivity contribution is -0.153.